The summed E-state index contributed by atoms with van der Waals surface area (Å²) in [6.07, 6.45) is 5.63. The van der Waals surface area contributed by atoms with Gasteiger partial charge in [0.15, 0.2) is 5.96 Å². The van der Waals surface area contributed by atoms with E-state index in [1.54, 1.807) is 25.4 Å². The summed E-state index contributed by atoms with van der Waals surface area (Å²) in [6, 6.07) is 7.51. The molecular formula is C15H20ClN5O. The topological polar surface area (TPSA) is 63.5 Å². The minimum Gasteiger partial charge on any atom is -0.476 e. The monoisotopic (exact) mass is 321 g/mol. The van der Waals surface area contributed by atoms with Crippen molar-refractivity contribution in [2.75, 3.05) is 26.7 Å². The van der Waals surface area contributed by atoms with Crippen molar-refractivity contribution in [3.05, 3.63) is 47.9 Å². The lowest BCUT2D eigenvalue weighted by atomic mass is 10.5. The largest absolute Gasteiger partial charge is 0.476 e. The number of ether oxygens (including phenoxy) is 1. The highest BCUT2D eigenvalue weighted by atomic mass is 35.5. The summed E-state index contributed by atoms with van der Waals surface area (Å²) in [5.74, 6) is 1.31. The summed E-state index contributed by atoms with van der Waals surface area (Å²) >= 11 is 5.76. The van der Waals surface area contributed by atoms with Gasteiger partial charge in [0.1, 0.15) is 6.61 Å². The first-order valence-electron chi connectivity index (χ1n) is 7.07. The van der Waals surface area contributed by atoms with E-state index >= 15 is 0 Å². The van der Waals surface area contributed by atoms with E-state index in [0.29, 0.717) is 24.1 Å². The van der Waals surface area contributed by atoms with Gasteiger partial charge in [0.25, 0.3) is 0 Å². The average Bonchev–Trinajstić information content (AvgIpc) is 3.04. The number of guanidine groups is 1. The highest BCUT2D eigenvalue weighted by Crippen LogP contribution is 2.10. The van der Waals surface area contributed by atoms with Crippen molar-refractivity contribution in [1.82, 2.24) is 20.2 Å². The van der Waals surface area contributed by atoms with Gasteiger partial charge in [0.05, 0.1) is 11.6 Å². The first-order chi connectivity index (χ1) is 10.8. The van der Waals surface area contributed by atoms with Gasteiger partial charge in [-0.05, 0) is 18.2 Å². The molecule has 22 heavy (non-hydrogen) atoms. The predicted octanol–water partition coefficient (Wildman–Crippen LogP) is 1.78. The van der Waals surface area contributed by atoms with Crippen LogP contribution in [0.25, 0.3) is 0 Å². The molecule has 2 aromatic heterocycles. The van der Waals surface area contributed by atoms with Gasteiger partial charge < -0.3 is 19.9 Å². The van der Waals surface area contributed by atoms with Gasteiger partial charge >= 0.3 is 0 Å². The lowest BCUT2D eigenvalue weighted by Gasteiger charge is -2.12. The van der Waals surface area contributed by atoms with Gasteiger partial charge in [-0.1, -0.05) is 11.6 Å². The molecule has 118 valence electrons. The maximum absolute atomic E-state index is 5.76. The van der Waals surface area contributed by atoms with Crippen LogP contribution in [0.5, 0.6) is 5.88 Å². The fraction of sp³-hybridized carbons (Fsp3) is 0.333. The lowest BCUT2D eigenvalue weighted by Crippen LogP contribution is -2.40. The molecule has 7 heteroatoms. The predicted molar refractivity (Wildman–Crippen MR) is 88.5 cm³/mol. The molecular weight excluding hydrogens is 302 g/mol. The highest BCUT2D eigenvalue weighted by molar-refractivity contribution is 6.30. The van der Waals surface area contributed by atoms with Crippen LogP contribution in [0.4, 0.5) is 0 Å². The Morgan fingerprint density at radius 1 is 1.27 bits per heavy atom. The van der Waals surface area contributed by atoms with Gasteiger partial charge in [-0.2, -0.15) is 0 Å². The van der Waals surface area contributed by atoms with E-state index in [4.69, 9.17) is 16.3 Å². The molecule has 6 nitrogen and oxygen atoms in total. The zero-order chi connectivity index (χ0) is 15.6. The zero-order valence-corrected chi connectivity index (χ0v) is 13.3. The number of hydrogen-bond donors (Lipinski definition) is 2. The second kappa shape index (κ2) is 8.94. The van der Waals surface area contributed by atoms with Crippen molar-refractivity contribution in [2.24, 2.45) is 4.99 Å². The van der Waals surface area contributed by atoms with E-state index in [1.165, 1.54) is 0 Å². The van der Waals surface area contributed by atoms with Crippen molar-refractivity contribution >= 4 is 17.6 Å². The normalized spacial score (nSPS) is 11.3. The highest BCUT2D eigenvalue weighted by Gasteiger charge is 1.98. The standard InChI is InChI=1S/C15H20ClN5O/c1-17-15(18-6-10-21-8-2-3-9-21)19-7-11-22-14-5-4-13(16)12-20-14/h2-5,8-9,12H,6-7,10-11H2,1H3,(H2,17,18,19). The Balaban J connectivity index is 1.60. The second-order valence-electron chi connectivity index (χ2n) is 4.51. The number of aromatic nitrogens is 2. The van der Waals surface area contributed by atoms with Crippen molar-refractivity contribution < 1.29 is 4.74 Å². The molecule has 0 aromatic carbocycles. The maximum atomic E-state index is 5.76. The zero-order valence-electron chi connectivity index (χ0n) is 12.5. The van der Waals surface area contributed by atoms with Gasteiger partial charge in [-0.3, -0.25) is 4.99 Å². The van der Waals surface area contributed by atoms with Gasteiger partial charge in [-0.15, -0.1) is 0 Å². The molecule has 0 spiro atoms. The van der Waals surface area contributed by atoms with Gasteiger partial charge in [0.2, 0.25) is 5.88 Å². The maximum Gasteiger partial charge on any atom is 0.213 e. The van der Waals surface area contributed by atoms with Crippen LogP contribution in [-0.4, -0.2) is 42.3 Å². The van der Waals surface area contributed by atoms with E-state index in [9.17, 15) is 0 Å². The van der Waals surface area contributed by atoms with Crippen LogP contribution < -0.4 is 15.4 Å². The Bertz CT molecular complexity index is 568. The van der Waals surface area contributed by atoms with Crippen LogP contribution in [0.15, 0.2) is 47.8 Å². The Hall–Kier alpha value is -2.21. The summed E-state index contributed by atoms with van der Waals surface area (Å²) in [5, 5.41) is 7.02. The van der Waals surface area contributed by atoms with Crippen LogP contribution in [0.2, 0.25) is 5.02 Å². The van der Waals surface area contributed by atoms with Crippen LogP contribution in [0.1, 0.15) is 0 Å². The number of aliphatic imine (C=N–C) groups is 1. The summed E-state index contributed by atoms with van der Waals surface area (Å²) < 4.78 is 7.61. The Morgan fingerprint density at radius 2 is 2.05 bits per heavy atom. The Morgan fingerprint density at radius 3 is 2.73 bits per heavy atom. The van der Waals surface area contributed by atoms with Gasteiger partial charge in [-0.25, -0.2) is 4.98 Å². The minimum atomic E-state index is 0.493. The molecule has 0 aliphatic rings. The first-order valence-corrected chi connectivity index (χ1v) is 7.45. The molecule has 0 amide bonds. The fourth-order valence-corrected chi connectivity index (χ4v) is 1.93. The third kappa shape index (κ3) is 5.65. The first kappa shape index (κ1) is 16.2. The minimum absolute atomic E-state index is 0.493. The smallest absolute Gasteiger partial charge is 0.213 e. The number of nitrogens with one attached hydrogen (secondary N) is 2. The molecule has 0 saturated carbocycles. The van der Waals surface area contributed by atoms with Crippen molar-refractivity contribution in [3.63, 3.8) is 0 Å². The fourth-order valence-electron chi connectivity index (χ4n) is 1.82. The second-order valence-corrected chi connectivity index (χ2v) is 4.95. The molecule has 0 radical (unpaired) electrons. The van der Waals surface area contributed by atoms with E-state index in [1.807, 2.05) is 24.5 Å². The number of pyridine rings is 1. The summed E-state index contributed by atoms with van der Waals surface area (Å²) in [7, 11) is 1.74. The van der Waals surface area contributed by atoms with Crippen molar-refractivity contribution in [2.45, 2.75) is 6.54 Å². The van der Waals surface area contributed by atoms with Crippen LogP contribution >= 0.6 is 11.6 Å². The molecule has 0 saturated heterocycles. The summed E-state index contributed by atoms with van der Waals surface area (Å²) in [5.41, 5.74) is 0. The third-order valence-corrected chi connectivity index (χ3v) is 3.12. The average molecular weight is 322 g/mol. The third-order valence-electron chi connectivity index (χ3n) is 2.90. The SMILES string of the molecule is CN=C(NCCOc1ccc(Cl)cn1)NCCn1cccc1. The van der Waals surface area contributed by atoms with E-state index in [0.717, 1.165) is 19.0 Å². The number of rotatable bonds is 7. The van der Waals surface area contributed by atoms with Crippen molar-refractivity contribution in [1.29, 1.82) is 0 Å². The summed E-state index contributed by atoms with van der Waals surface area (Å²) in [6.45, 7) is 2.81. The van der Waals surface area contributed by atoms with E-state index in [2.05, 4.69) is 25.2 Å². The Kier molecular flexibility index (Phi) is 6.57. The van der Waals surface area contributed by atoms with Crippen LogP contribution in [-0.2, 0) is 6.54 Å². The van der Waals surface area contributed by atoms with Crippen molar-refractivity contribution in [3.8, 4) is 5.88 Å². The van der Waals surface area contributed by atoms with E-state index in [-0.39, 0.29) is 0 Å². The molecule has 2 heterocycles. The molecule has 2 rings (SSSR count). The lowest BCUT2D eigenvalue weighted by molar-refractivity contribution is 0.309. The number of hydrogen-bond acceptors (Lipinski definition) is 3. The quantitative estimate of drug-likeness (QED) is 0.463. The number of halogens is 1. The molecule has 0 aliphatic carbocycles. The molecule has 0 aliphatic heterocycles. The molecule has 2 aromatic rings. The Labute approximate surface area is 135 Å². The molecule has 0 unspecified atom stereocenters. The molecule has 0 bridgehead atoms. The molecule has 0 atom stereocenters. The number of nitrogens with zero attached hydrogens (tertiary/aromatic N) is 3. The molecule has 0 fully saturated rings. The van der Waals surface area contributed by atoms with Crippen LogP contribution in [0, 0.1) is 0 Å². The van der Waals surface area contributed by atoms with Gasteiger partial charge in [0, 0.05) is 44.8 Å². The van der Waals surface area contributed by atoms with Crippen LogP contribution in [0.3, 0.4) is 0 Å². The van der Waals surface area contributed by atoms with E-state index < -0.39 is 0 Å². The molecule has 2 N–H and O–H groups in total. The summed E-state index contributed by atoms with van der Waals surface area (Å²) in [4.78, 5) is 8.22.